The van der Waals surface area contributed by atoms with Gasteiger partial charge in [-0.2, -0.15) is 0 Å². The number of aryl methyl sites for hydroxylation is 2. The Bertz CT molecular complexity index is 209. The van der Waals surface area contributed by atoms with E-state index < -0.39 is 0 Å². The lowest BCUT2D eigenvalue weighted by Crippen LogP contribution is -1.90. The lowest BCUT2D eigenvalue weighted by atomic mass is 10.1. The minimum absolute atomic E-state index is 0.230. The lowest BCUT2D eigenvalue weighted by Gasteiger charge is -1.93. The van der Waals surface area contributed by atoms with Crippen molar-refractivity contribution in [3.8, 4) is 0 Å². The number of ether oxygens (including phenoxy) is 1. The van der Waals surface area contributed by atoms with E-state index in [1.165, 1.54) is 11.1 Å². The van der Waals surface area contributed by atoms with Crippen molar-refractivity contribution in [2.45, 2.75) is 20.3 Å². The molecule has 1 aromatic rings. The van der Waals surface area contributed by atoms with Gasteiger partial charge in [0.1, 0.15) is 0 Å². The van der Waals surface area contributed by atoms with Gasteiger partial charge in [-0.3, -0.25) is 0 Å². The third kappa shape index (κ3) is 6.63. The zero-order valence-corrected chi connectivity index (χ0v) is 9.29. The zero-order valence-electron chi connectivity index (χ0n) is 9.29. The van der Waals surface area contributed by atoms with Crippen LogP contribution in [-0.4, -0.2) is 25.4 Å². The highest BCUT2D eigenvalue weighted by Gasteiger charge is 1.83. The molecule has 1 rings (SSSR count). The molecule has 0 atom stereocenters. The number of benzene rings is 1. The molecule has 0 fully saturated rings. The van der Waals surface area contributed by atoms with E-state index in [0.717, 1.165) is 6.42 Å². The Morgan fingerprint density at radius 1 is 1.14 bits per heavy atom. The molecule has 0 aromatic heterocycles. The Hall–Kier alpha value is -0.860. The Kier molecular flexibility index (Phi) is 8.19. The Morgan fingerprint density at radius 3 is 1.86 bits per heavy atom. The van der Waals surface area contributed by atoms with Crippen LogP contribution in [0.3, 0.4) is 0 Å². The average Bonchev–Trinajstić information content (AvgIpc) is 2.20. The van der Waals surface area contributed by atoms with Gasteiger partial charge in [-0.1, -0.05) is 24.3 Å². The monoisotopic (exact) mass is 196 g/mol. The summed E-state index contributed by atoms with van der Waals surface area (Å²) < 4.78 is 4.62. The molecular formula is C12H20O2. The molecule has 2 nitrogen and oxygen atoms in total. The fourth-order valence-corrected chi connectivity index (χ4v) is 0.872. The molecule has 0 saturated carbocycles. The molecule has 0 aliphatic carbocycles. The van der Waals surface area contributed by atoms with Crippen LogP contribution in [-0.2, 0) is 4.74 Å². The molecule has 0 saturated heterocycles. The largest absolute Gasteiger partial charge is 0.396 e. The van der Waals surface area contributed by atoms with E-state index >= 15 is 0 Å². The topological polar surface area (TPSA) is 29.5 Å². The summed E-state index contributed by atoms with van der Waals surface area (Å²) in [6.45, 7) is 5.13. The van der Waals surface area contributed by atoms with E-state index in [0.29, 0.717) is 6.61 Å². The smallest absolute Gasteiger partial charge is 0.0484 e. The third-order valence-corrected chi connectivity index (χ3v) is 1.93. The molecule has 0 heterocycles. The van der Waals surface area contributed by atoms with Crippen molar-refractivity contribution in [3.05, 3.63) is 35.4 Å². The molecule has 0 amide bonds. The molecule has 14 heavy (non-hydrogen) atoms. The Labute approximate surface area is 86.5 Å². The van der Waals surface area contributed by atoms with Gasteiger partial charge in [-0.05, 0) is 31.4 Å². The van der Waals surface area contributed by atoms with Crippen LogP contribution in [0.4, 0.5) is 0 Å². The molecule has 1 N–H and O–H groups in total. The van der Waals surface area contributed by atoms with Crippen LogP contribution < -0.4 is 0 Å². The first-order chi connectivity index (χ1) is 6.72. The standard InChI is InChI=1S/C8H10.C4H10O2/c1-7-5-3-4-6-8(7)2;1-6-4-2-3-5/h3-6H,1-2H3;5H,2-4H2,1H3. The minimum atomic E-state index is 0.230. The van der Waals surface area contributed by atoms with Gasteiger partial charge in [0.15, 0.2) is 0 Å². The zero-order chi connectivity index (χ0) is 10.8. The molecule has 0 bridgehead atoms. The molecule has 1 aromatic carbocycles. The lowest BCUT2D eigenvalue weighted by molar-refractivity contribution is 0.166. The number of methoxy groups -OCH3 is 1. The number of rotatable bonds is 3. The van der Waals surface area contributed by atoms with Gasteiger partial charge in [0.25, 0.3) is 0 Å². The summed E-state index contributed by atoms with van der Waals surface area (Å²) in [5.41, 5.74) is 2.74. The Morgan fingerprint density at radius 2 is 1.64 bits per heavy atom. The first-order valence-electron chi connectivity index (χ1n) is 4.84. The molecule has 2 heteroatoms. The second kappa shape index (κ2) is 8.73. The molecule has 0 unspecified atom stereocenters. The van der Waals surface area contributed by atoms with Crippen LogP contribution in [0.2, 0.25) is 0 Å². The van der Waals surface area contributed by atoms with Crippen molar-refractivity contribution in [1.29, 1.82) is 0 Å². The van der Waals surface area contributed by atoms with E-state index in [4.69, 9.17) is 5.11 Å². The fraction of sp³-hybridized carbons (Fsp3) is 0.500. The van der Waals surface area contributed by atoms with E-state index in [9.17, 15) is 0 Å². The number of aliphatic hydroxyl groups excluding tert-OH is 1. The van der Waals surface area contributed by atoms with Crippen molar-refractivity contribution in [1.82, 2.24) is 0 Å². The molecule has 0 radical (unpaired) electrons. The van der Waals surface area contributed by atoms with Gasteiger partial charge in [-0.25, -0.2) is 0 Å². The summed E-state index contributed by atoms with van der Waals surface area (Å²) in [5, 5.41) is 8.12. The summed E-state index contributed by atoms with van der Waals surface area (Å²) in [6, 6.07) is 8.36. The van der Waals surface area contributed by atoms with Crippen LogP contribution in [0.15, 0.2) is 24.3 Å². The molecule has 0 aliphatic rings. The van der Waals surface area contributed by atoms with Gasteiger partial charge in [-0.15, -0.1) is 0 Å². The molecule has 80 valence electrons. The average molecular weight is 196 g/mol. The van der Waals surface area contributed by atoms with Gasteiger partial charge in [0, 0.05) is 20.3 Å². The van der Waals surface area contributed by atoms with Crippen LogP contribution in [0.5, 0.6) is 0 Å². The summed E-state index contributed by atoms with van der Waals surface area (Å²) in [7, 11) is 1.62. The maximum Gasteiger partial charge on any atom is 0.0484 e. The van der Waals surface area contributed by atoms with Crippen LogP contribution in [0.1, 0.15) is 17.5 Å². The molecule has 0 aliphatic heterocycles. The number of aliphatic hydroxyl groups is 1. The predicted octanol–water partition coefficient (Wildman–Crippen LogP) is 2.32. The van der Waals surface area contributed by atoms with Crippen LogP contribution >= 0.6 is 0 Å². The van der Waals surface area contributed by atoms with Crippen LogP contribution in [0, 0.1) is 13.8 Å². The SMILES string of the molecule is COCCCO.Cc1ccccc1C. The quantitative estimate of drug-likeness (QED) is 0.752. The number of hydrogen-bond acceptors (Lipinski definition) is 2. The van der Waals surface area contributed by atoms with Crippen molar-refractivity contribution < 1.29 is 9.84 Å². The summed E-state index contributed by atoms with van der Waals surface area (Å²) in [6.07, 6.45) is 0.747. The maximum atomic E-state index is 8.12. The van der Waals surface area contributed by atoms with E-state index in [1.807, 2.05) is 0 Å². The van der Waals surface area contributed by atoms with Crippen molar-refractivity contribution in [2.24, 2.45) is 0 Å². The van der Waals surface area contributed by atoms with Gasteiger partial charge >= 0.3 is 0 Å². The van der Waals surface area contributed by atoms with Crippen LogP contribution in [0.25, 0.3) is 0 Å². The highest BCUT2D eigenvalue weighted by molar-refractivity contribution is 5.23. The maximum absolute atomic E-state index is 8.12. The van der Waals surface area contributed by atoms with Gasteiger partial charge in [0.05, 0.1) is 0 Å². The van der Waals surface area contributed by atoms with E-state index in [-0.39, 0.29) is 6.61 Å². The van der Waals surface area contributed by atoms with Crippen molar-refractivity contribution in [2.75, 3.05) is 20.3 Å². The predicted molar refractivity (Wildman–Crippen MR) is 59.5 cm³/mol. The van der Waals surface area contributed by atoms with Gasteiger partial charge in [0.2, 0.25) is 0 Å². The van der Waals surface area contributed by atoms with E-state index in [1.54, 1.807) is 7.11 Å². The highest BCUT2D eigenvalue weighted by Crippen LogP contribution is 2.02. The second-order valence-corrected chi connectivity index (χ2v) is 3.15. The third-order valence-electron chi connectivity index (χ3n) is 1.93. The highest BCUT2D eigenvalue weighted by atomic mass is 16.5. The fourth-order valence-electron chi connectivity index (χ4n) is 0.872. The number of hydrogen-bond donors (Lipinski definition) is 1. The summed E-state index contributed by atoms with van der Waals surface area (Å²) in [5.74, 6) is 0. The normalized spacial score (nSPS) is 9.14. The molecular weight excluding hydrogens is 176 g/mol. The minimum Gasteiger partial charge on any atom is -0.396 e. The van der Waals surface area contributed by atoms with Crippen molar-refractivity contribution >= 4 is 0 Å². The second-order valence-electron chi connectivity index (χ2n) is 3.15. The summed E-state index contributed by atoms with van der Waals surface area (Å²) in [4.78, 5) is 0. The first-order valence-corrected chi connectivity index (χ1v) is 4.84. The first kappa shape index (κ1) is 13.1. The van der Waals surface area contributed by atoms with E-state index in [2.05, 4.69) is 42.8 Å². The summed E-state index contributed by atoms with van der Waals surface area (Å²) >= 11 is 0. The molecule has 0 spiro atoms. The van der Waals surface area contributed by atoms with Gasteiger partial charge < -0.3 is 9.84 Å². The Balaban J connectivity index is 0.000000255. The van der Waals surface area contributed by atoms with Crippen molar-refractivity contribution in [3.63, 3.8) is 0 Å².